The van der Waals surface area contributed by atoms with Gasteiger partial charge < -0.3 is 5.73 Å². The van der Waals surface area contributed by atoms with Crippen LogP contribution in [0, 0.1) is 6.92 Å². The lowest BCUT2D eigenvalue weighted by Gasteiger charge is -1.98. The van der Waals surface area contributed by atoms with Crippen molar-refractivity contribution in [1.82, 2.24) is 4.98 Å². The summed E-state index contributed by atoms with van der Waals surface area (Å²) in [5.41, 5.74) is 7.87. The molecule has 2 aromatic rings. The molecule has 0 aliphatic rings. The normalized spacial score (nSPS) is 10.8. The average molecular weight is 178 g/mol. The lowest BCUT2D eigenvalue weighted by Crippen LogP contribution is -1.99. The fraction of sp³-hybridized carbons (Fsp3) is 0.222. The minimum absolute atomic E-state index is 0.523. The maximum Gasteiger partial charge on any atom is 0.0628 e. The Labute approximate surface area is 75.0 Å². The minimum Gasteiger partial charge on any atom is -0.325 e. The topological polar surface area (TPSA) is 38.9 Å². The van der Waals surface area contributed by atoms with Crippen LogP contribution >= 0.6 is 11.3 Å². The lowest BCUT2D eigenvalue weighted by atomic mass is 10.2. The van der Waals surface area contributed by atoms with Gasteiger partial charge >= 0.3 is 0 Å². The number of nitrogens with zero attached hydrogens (tertiary/aromatic N) is 1. The highest BCUT2D eigenvalue weighted by molar-refractivity contribution is 7.17. The van der Waals surface area contributed by atoms with Gasteiger partial charge in [-0.3, -0.25) is 4.98 Å². The standard InChI is InChI=1S/C9H10N2S/c1-6-5-12-8-2-3-11-7(4-10)9(6)8/h2-3,5H,4,10H2,1H3. The van der Waals surface area contributed by atoms with Crippen LogP contribution in [0.3, 0.4) is 0 Å². The highest BCUT2D eigenvalue weighted by Gasteiger charge is 2.04. The van der Waals surface area contributed by atoms with Crippen molar-refractivity contribution < 1.29 is 0 Å². The van der Waals surface area contributed by atoms with Crippen LogP contribution in [0.4, 0.5) is 0 Å². The van der Waals surface area contributed by atoms with Gasteiger partial charge in [-0.05, 0) is 23.9 Å². The summed E-state index contributed by atoms with van der Waals surface area (Å²) in [6, 6.07) is 2.03. The van der Waals surface area contributed by atoms with Crippen LogP contribution in [-0.2, 0) is 6.54 Å². The summed E-state index contributed by atoms with van der Waals surface area (Å²) in [5.74, 6) is 0. The predicted octanol–water partition coefficient (Wildman–Crippen LogP) is 2.06. The SMILES string of the molecule is Cc1csc2ccnc(CN)c12. The molecular weight excluding hydrogens is 168 g/mol. The molecule has 0 aliphatic carbocycles. The molecule has 62 valence electrons. The Morgan fingerprint density at radius 2 is 2.42 bits per heavy atom. The summed E-state index contributed by atoms with van der Waals surface area (Å²) >= 11 is 1.75. The monoisotopic (exact) mass is 178 g/mol. The predicted molar refractivity (Wildman–Crippen MR) is 52.2 cm³/mol. The zero-order valence-electron chi connectivity index (χ0n) is 6.87. The smallest absolute Gasteiger partial charge is 0.0628 e. The molecule has 0 aliphatic heterocycles. The zero-order chi connectivity index (χ0) is 8.55. The summed E-state index contributed by atoms with van der Waals surface area (Å²) in [4.78, 5) is 4.24. The zero-order valence-corrected chi connectivity index (χ0v) is 7.69. The van der Waals surface area contributed by atoms with E-state index in [1.807, 2.05) is 12.3 Å². The number of nitrogens with two attached hydrogens (primary N) is 1. The molecule has 0 amide bonds. The van der Waals surface area contributed by atoms with Gasteiger partial charge in [0.1, 0.15) is 0 Å². The molecule has 2 N–H and O–H groups in total. The van der Waals surface area contributed by atoms with Crippen LogP contribution in [0.25, 0.3) is 10.1 Å². The molecule has 2 aromatic heterocycles. The molecular formula is C9H10N2S. The first kappa shape index (κ1) is 7.71. The van der Waals surface area contributed by atoms with Crippen LogP contribution < -0.4 is 5.73 Å². The maximum atomic E-state index is 5.59. The second-order valence-electron chi connectivity index (χ2n) is 2.75. The van der Waals surface area contributed by atoms with E-state index in [2.05, 4.69) is 17.3 Å². The first-order valence-electron chi connectivity index (χ1n) is 3.84. The number of pyridine rings is 1. The Kier molecular flexibility index (Phi) is 1.83. The molecule has 0 bridgehead atoms. The third kappa shape index (κ3) is 1.02. The molecule has 0 saturated carbocycles. The van der Waals surface area contributed by atoms with Crippen LogP contribution in [0.5, 0.6) is 0 Å². The maximum absolute atomic E-state index is 5.59. The van der Waals surface area contributed by atoms with E-state index in [4.69, 9.17) is 5.73 Å². The van der Waals surface area contributed by atoms with E-state index in [0.717, 1.165) is 5.69 Å². The van der Waals surface area contributed by atoms with Crippen LogP contribution in [0.15, 0.2) is 17.6 Å². The number of aromatic nitrogens is 1. The van der Waals surface area contributed by atoms with Crippen LogP contribution in [-0.4, -0.2) is 4.98 Å². The fourth-order valence-corrected chi connectivity index (χ4v) is 2.33. The first-order chi connectivity index (χ1) is 5.83. The van der Waals surface area contributed by atoms with E-state index >= 15 is 0 Å². The lowest BCUT2D eigenvalue weighted by molar-refractivity contribution is 1.01. The van der Waals surface area contributed by atoms with Gasteiger partial charge in [0.25, 0.3) is 0 Å². The number of rotatable bonds is 1. The van der Waals surface area contributed by atoms with E-state index in [1.165, 1.54) is 15.6 Å². The molecule has 0 aromatic carbocycles. The molecule has 0 saturated heterocycles. The van der Waals surface area contributed by atoms with Crippen molar-refractivity contribution in [3.8, 4) is 0 Å². The fourth-order valence-electron chi connectivity index (χ4n) is 1.37. The van der Waals surface area contributed by atoms with E-state index in [1.54, 1.807) is 11.3 Å². The van der Waals surface area contributed by atoms with E-state index in [-0.39, 0.29) is 0 Å². The third-order valence-corrected chi connectivity index (χ3v) is 3.01. The van der Waals surface area contributed by atoms with Gasteiger partial charge in [-0.15, -0.1) is 11.3 Å². The Morgan fingerprint density at radius 3 is 3.17 bits per heavy atom. The molecule has 0 radical (unpaired) electrons. The van der Waals surface area contributed by atoms with Crippen molar-refractivity contribution >= 4 is 21.4 Å². The highest BCUT2D eigenvalue weighted by atomic mass is 32.1. The van der Waals surface area contributed by atoms with Crippen molar-refractivity contribution in [3.05, 3.63) is 28.9 Å². The van der Waals surface area contributed by atoms with Crippen molar-refractivity contribution in [3.63, 3.8) is 0 Å². The van der Waals surface area contributed by atoms with Crippen molar-refractivity contribution in [1.29, 1.82) is 0 Å². The number of hydrogen-bond acceptors (Lipinski definition) is 3. The quantitative estimate of drug-likeness (QED) is 0.726. The molecule has 12 heavy (non-hydrogen) atoms. The van der Waals surface area contributed by atoms with Gasteiger partial charge in [0.05, 0.1) is 5.69 Å². The van der Waals surface area contributed by atoms with Gasteiger partial charge in [-0.2, -0.15) is 0 Å². The van der Waals surface area contributed by atoms with Gasteiger partial charge in [-0.1, -0.05) is 0 Å². The largest absolute Gasteiger partial charge is 0.325 e. The number of hydrogen-bond donors (Lipinski definition) is 1. The van der Waals surface area contributed by atoms with Gasteiger partial charge in [0, 0.05) is 22.8 Å². The minimum atomic E-state index is 0.523. The van der Waals surface area contributed by atoms with Gasteiger partial charge in [-0.25, -0.2) is 0 Å². The summed E-state index contributed by atoms with van der Waals surface area (Å²) in [6.45, 7) is 2.62. The molecule has 2 rings (SSSR count). The van der Waals surface area contributed by atoms with Gasteiger partial charge in [0.15, 0.2) is 0 Å². The molecule has 0 spiro atoms. The van der Waals surface area contributed by atoms with Crippen LogP contribution in [0.1, 0.15) is 11.3 Å². The Bertz CT molecular complexity index is 406. The summed E-state index contributed by atoms with van der Waals surface area (Å²) in [5, 5.41) is 3.39. The second-order valence-corrected chi connectivity index (χ2v) is 3.66. The number of fused-ring (bicyclic) bond motifs is 1. The van der Waals surface area contributed by atoms with E-state index in [9.17, 15) is 0 Å². The number of thiophene rings is 1. The second kappa shape index (κ2) is 2.84. The molecule has 2 nitrogen and oxygen atoms in total. The Hall–Kier alpha value is -0.930. The first-order valence-corrected chi connectivity index (χ1v) is 4.72. The Morgan fingerprint density at radius 1 is 1.58 bits per heavy atom. The molecule has 2 heterocycles. The highest BCUT2D eigenvalue weighted by Crippen LogP contribution is 2.26. The van der Waals surface area contributed by atoms with Crippen LogP contribution in [0.2, 0.25) is 0 Å². The van der Waals surface area contributed by atoms with E-state index < -0.39 is 0 Å². The van der Waals surface area contributed by atoms with Crippen molar-refractivity contribution in [2.45, 2.75) is 13.5 Å². The number of aryl methyl sites for hydroxylation is 1. The van der Waals surface area contributed by atoms with Crippen molar-refractivity contribution in [2.75, 3.05) is 0 Å². The summed E-state index contributed by atoms with van der Waals surface area (Å²) < 4.78 is 1.28. The molecule has 0 fully saturated rings. The molecule has 0 atom stereocenters. The van der Waals surface area contributed by atoms with Gasteiger partial charge in [0.2, 0.25) is 0 Å². The Balaban J connectivity index is 2.84. The molecule has 0 unspecified atom stereocenters. The average Bonchev–Trinajstić information content (AvgIpc) is 2.48. The summed E-state index contributed by atoms with van der Waals surface area (Å²) in [7, 11) is 0. The molecule has 3 heteroatoms. The van der Waals surface area contributed by atoms with E-state index in [0.29, 0.717) is 6.54 Å². The third-order valence-electron chi connectivity index (χ3n) is 1.94. The van der Waals surface area contributed by atoms with Crippen molar-refractivity contribution in [2.24, 2.45) is 5.73 Å². The summed E-state index contributed by atoms with van der Waals surface area (Å²) in [6.07, 6.45) is 1.82.